The Kier molecular flexibility index (Phi) is 5.35. The van der Waals surface area contributed by atoms with Gasteiger partial charge >= 0.3 is 5.97 Å². The van der Waals surface area contributed by atoms with E-state index < -0.39 is 11.2 Å². The fourth-order valence-electron chi connectivity index (χ4n) is 2.88. The topological polar surface area (TPSA) is 104 Å². The third-order valence-corrected chi connectivity index (χ3v) is 5.35. The van der Waals surface area contributed by atoms with Crippen molar-refractivity contribution in [3.05, 3.63) is 66.2 Å². The molecule has 0 radical (unpaired) electrons. The summed E-state index contributed by atoms with van der Waals surface area (Å²) < 4.78 is 0. The third-order valence-electron chi connectivity index (χ3n) is 4.28. The minimum absolute atomic E-state index is 0.251. The zero-order valence-corrected chi connectivity index (χ0v) is 16.0. The average molecular weight is 404 g/mol. The first-order valence-electron chi connectivity index (χ1n) is 8.85. The number of pyridine rings is 1. The van der Waals surface area contributed by atoms with Gasteiger partial charge in [-0.15, -0.1) is 5.10 Å². The van der Waals surface area contributed by atoms with Crippen molar-refractivity contribution in [2.75, 3.05) is 0 Å². The van der Waals surface area contributed by atoms with Gasteiger partial charge in [0, 0.05) is 10.9 Å². The lowest BCUT2D eigenvalue weighted by Crippen LogP contribution is -2.26. The Hall–Kier alpha value is -3.52. The SMILES string of the molecule is O=C(O)CC1SC(=NN=Cc2ccc3ccc(-c4ccccc4)nc3c2)NC1=O. The number of carboxylic acids is 1. The van der Waals surface area contributed by atoms with Crippen LogP contribution >= 0.6 is 11.8 Å². The first kappa shape index (κ1) is 18.8. The van der Waals surface area contributed by atoms with E-state index in [0.717, 1.165) is 39.5 Å². The number of fused-ring (bicyclic) bond motifs is 1. The molecule has 8 heteroatoms. The van der Waals surface area contributed by atoms with Crippen LogP contribution in [0.25, 0.3) is 22.2 Å². The molecule has 0 spiro atoms. The summed E-state index contributed by atoms with van der Waals surface area (Å²) in [5.74, 6) is -1.39. The highest BCUT2D eigenvalue weighted by Gasteiger charge is 2.32. The molecule has 4 rings (SSSR count). The fourth-order valence-corrected chi connectivity index (χ4v) is 3.79. The number of benzene rings is 2. The van der Waals surface area contributed by atoms with Crippen molar-refractivity contribution in [1.82, 2.24) is 10.3 Å². The molecule has 1 aromatic heterocycles. The van der Waals surface area contributed by atoms with E-state index in [1.54, 1.807) is 6.21 Å². The second-order valence-electron chi connectivity index (χ2n) is 6.36. The van der Waals surface area contributed by atoms with Crippen LogP contribution in [0.15, 0.2) is 70.9 Å². The number of carbonyl (C=O) groups excluding carboxylic acids is 1. The number of rotatable bonds is 5. The van der Waals surface area contributed by atoms with Crippen LogP contribution in [0, 0.1) is 0 Å². The molecule has 1 unspecified atom stereocenters. The van der Waals surface area contributed by atoms with Crippen molar-refractivity contribution >= 4 is 45.9 Å². The summed E-state index contributed by atoms with van der Waals surface area (Å²) in [6.45, 7) is 0. The van der Waals surface area contributed by atoms with Crippen LogP contribution in [0.3, 0.4) is 0 Å². The van der Waals surface area contributed by atoms with Crippen LogP contribution in [0.2, 0.25) is 0 Å². The van der Waals surface area contributed by atoms with Crippen LogP contribution in [0.1, 0.15) is 12.0 Å². The maximum absolute atomic E-state index is 11.7. The van der Waals surface area contributed by atoms with Crippen molar-refractivity contribution in [1.29, 1.82) is 0 Å². The lowest BCUT2D eigenvalue weighted by molar-refractivity contribution is -0.138. The summed E-state index contributed by atoms with van der Waals surface area (Å²) in [6.07, 6.45) is 1.32. The van der Waals surface area contributed by atoms with Gasteiger partial charge in [-0.1, -0.05) is 60.3 Å². The minimum Gasteiger partial charge on any atom is -0.481 e. The van der Waals surface area contributed by atoms with Crippen molar-refractivity contribution in [2.24, 2.45) is 10.2 Å². The maximum Gasteiger partial charge on any atom is 0.305 e. The van der Waals surface area contributed by atoms with E-state index >= 15 is 0 Å². The van der Waals surface area contributed by atoms with E-state index in [2.05, 4.69) is 15.5 Å². The molecule has 2 heterocycles. The predicted molar refractivity (Wildman–Crippen MR) is 114 cm³/mol. The number of hydrogen-bond acceptors (Lipinski definition) is 6. The van der Waals surface area contributed by atoms with Crippen molar-refractivity contribution in [3.8, 4) is 11.3 Å². The van der Waals surface area contributed by atoms with Gasteiger partial charge in [-0.3, -0.25) is 9.59 Å². The van der Waals surface area contributed by atoms with Crippen LogP contribution in [-0.4, -0.2) is 38.6 Å². The Bertz CT molecular complexity index is 1150. The highest BCUT2D eigenvalue weighted by Crippen LogP contribution is 2.23. The molecule has 2 N–H and O–H groups in total. The van der Waals surface area contributed by atoms with Crippen molar-refractivity contribution < 1.29 is 14.7 Å². The van der Waals surface area contributed by atoms with Gasteiger partial charge in [0.1, 0.15) is 5.25 Å². The first-order chi connectivity index (χ1) is 14.1. The van der Waals surface area contributed by atoms with E-state index in [-0.39, 0.29) is 12.3 Å². The molecule has 7 nitrogen and oxygen atoms in total. The quantitative estimate of drug-likeness (QED) is 0.502. The average Bonchev–Trinajstić information content (AvgIpc) is 3.06. The van der Waals surface area contributed by atoms with Gasteiger partial charge in [0.2, 0.25) is 5.91 Å². The number of thioether (sulfide) groups is 1. The molecule has 1 saturated heterocycles. The standard InChI is InChI=1S/C21H16N4O3S/c26-19(27)11-18-20(28)24-21(29-18)25-22-12-13-6-7-15-8-9-16(23-17(15)10-13)14-4-2-1-3-5-14/h1-10,12,18H,11H2,(H,26,27)(H,24,25,28). The van der Waals surface area contributed by atoms with E-state index in [1.165, 1.54) is 0 Å². The fraction of sp³-hybridized carbons (Fsp3) is 0.0952. The summed E-state index contributed by atoms with van der Waals surface area (Å²) in [5, 5.41) is 20.0. The lowest BCUT2D eigenvalue weighted by Gasteiger charge is -2.04. The van der Waals surface area contributed by atoms with Gasteiger partial charge in [-0.25, -0.2) is 4.98 Å². The van der Waals surface area contributed by atoms with Gasteiger partial charge in [0.05, 0.1) is 23.8 Å². The molecule has 29 heavy (non-hydrogen) atoms. The molecule has 1 amide bonds. The van der Waals surface area contributed by atoms with Gasteiger partial charge in [0.25, 0.3) is 0 Å². The Morgan fingerprint density at radius 2 is 1.97 bits per heavy atom. The molecule has 0 bridgehead atoms. The molecule has 1 aliphatic rings. The molecular weight excluding hydrogens is 388 g/mol. The number of aromatic nitrogens is 1. The molecule has 1 fully saturated rings. The Balaban J connectivity index is 1.52. The number of carboxylic acid groups (broad SMARTS) is 1. The van der Waals surface area contributed by atoms with Crippen LogP contribution in [0.5, 0.6) is 0 Å². The Morgan fingerprint density at radius 3 is 2.76 bits per heavy atom. The van der Waals surface area contributed by atoms with E-state index in [0.29, 0.717) is 5.17 Å². The monoisotopic (exact) mass is 404 g/mol. The third kappa shape index (κ3) is 4.49. The molecule has 2 aromatic carbocycles. The highest BCUT2D eigenvalue weighted by atomic mass is 32.2. The summed E-state index contributed by atoms with van der Waals surface area (Å²) in [6, 6.07) is 19.7. The van der Waals surface area contributed by atoms with Gasteiger partial charge in [-0.05, 0) is 17.7 Å². The van der Waals surface area contributed by atoms with Crippen molar-refractivity contribution in [2.45, 2.75) is 11.7 Å². The maximum atomic E-state index is 11.7. The molecule has 1 atom stereocenters. The number of amidine groups is 1. The lowest BCUT2D eigenvalue weighted by atomic mass is 10.1. The molecule has 0 saturated carbocycles. The number of hydrogen-bond donors (Lipinski definition) is 2. The Labute approximate surface area is 170 Å². The summed E-state index contributed by atoms with van der Waals surface area (Å²) in [5.41, 5.74) is 3.59. The zero-order chi connectivity index (χ0) is 20.2. The number of carbonyl (C=O) groups is 2. The largest absolute Gasteiger partial charge is 0.481 e. The molecular formula is C21H16N4O3S. The van der Waals surface area contributed by atoms with E-state index in [1.807, 2.05) is 60.7 Å². The number of nitrogens with one attached hydrogen (secondary N) is 1. The van der Waals surface area contributed by atoms with Crippen LogP contribution < -0.4 is 5.32 Å². The molecule has 144 valence electrons. The van der Waals surface area contributed by atoms with Gasteiger partial charge in [-0.2, -0.15) is 5.10 Å². The normalized spacial score (nSPS) is 17.9. The number of amides is 1. The minimum atomic E-state index is -1.03. The van der Waals surface area contributed by atoms with Gasteiger partial charge in [0.15, 0.2) is 5.17 Å². The summed E-state index contributed by atoms with van der Waals surface area (Å²) in [7, 11) is 0. The van der Waals surface area contributed by atoms with E-state index in [4.69, 9.17) is 10.1 Å². The van der Waals surface area contributed by atoms with Gasteiger partial charge < -0.3 is 10.4 Å². The molecule has 1 aliphatic heterocycles. The summed E-state index contributed by atoms with van der Waals surface area (Å²) in [4.78, 5) is 27.2. The second kappa shape index (κ2) is 8.24. The summed E-state index contributed by atoms with van der Waals surface area (Å²) >= 11 is 1.07. The number of nitrogens with zero attached hydrogens (tertiary/aromatic N) is 3. The Morgan fingerprint density at radius 1 is 1.17 bits per heavy atom. The zero-order valence-electron chi connectivity index (χ0n) is 15.1. The second-order valence-corrected chi connectivity index (χ2v) is 7.55. The first-order valence-corrected chi connectivity index (χ1v) is 9.73. The number of aliphatic carboxylic acids is 1. The molecule has 0 aliphatic carbocycles. The highest BCUT2D eigenvalue weighted by molar-refractivity contribution is 8.15. The van der Waals surface area contributed by atoms with E-state index in [9.17, 15) is 9.59 Å². The van der Waals surface area contributed by atoms with Crippen molar-refractivity contribution in [3.63, 3.8) is 0 Å². The van der Waals surface area contributed by atoms with Crippen LogP contribution in [-0.2, 0) is 9.59 Å². The molecule has 3 aromatic rings. The smallest absolute Gasteiger partial charge is 0.305 e. The van der Waals surface area contributed by atoms with Crippen LogP contribution in [0.4, 0.5) is 0 Å². The predicted octanol–water partition coefficient (Wildman–Crippen LogP) is 3.30.